The van der Waals surface area contributed by atoms with Crippen molar-refractivity contribution in [3.63, 3.8) is 0 Å². The van der Waals surface area contributed by atoms with Crippen LogP contribution in [0, 0.1) is 5.92 Å². The van der Waals surface area contributed by atoms with E-state index in [4.69, 9.17) is 10.5 Å². The van der Waals surface area contributed by atoms with Crippen LogP contribution < -0.4 is 5.73 Å². The van der Waals surface area contributed by atoms with Crippen molar-refractivity contribution in [1.82, 2.24) is 0 Å². The van der Waals surface area contributed by atoms with E-state index in [9.17, 15) is 4.79 Å². The van der Waals surface area contributed by atoms with Gasteiger partial charge >= 0.3 is 6.09 Å². The Morgan fingerprint density at radius 3 is 2.58 bits per heavy atom. The molecule has 0 saturated carbocycles. The molecule has 0 aliphatic rings. The number of carbonyl (C=O) groups is 1. The van der Waals surface area contributed by atoms with Gasteiger partial charge in [0.15, 0.2) is 0 Å². The Balaban J connectivity index is 3.45. The summed E-state index contributed by atoms with van der Waals surface area (Å²) in [4.78, 5) is 10.3. The topological polar surface area (TPSA) is 52.3 Å². The molecular weight excluding hydrogens is 154 g/mol. The first-order valence-electron chi connectivity index (χ1n) is 4.62. The van der Waals surface area contributed by atoms with E-state index in [0.717, 1.165) is 12.8 Å². The SMILES string of the molecule is CCCCC(CC)COC(N)=O. The van der Waals surface area contributed by atoms with Crippen molar-refractivity contribution in [3.05, 3.63) is 0 Å². The third-order valence-electron chi connectivity index (χ3n) is 2.00. The fraction of sp³-hybridized carbons (Fsp3) is 0.889. The van der Waals surface area contributed by atoms with Crippen LogP contribution in [0.25, 0.3) is 0 Å². The fourth-order valence-corrected chi connectivity index (χ4v) is 1.10. The third-order valence-corrected chi connectivity index (χ3v) is 2.00. The standard InChI is InChI=1S/C9H19NO2/c1-3-5-6-8(4-2)7-12-9(10)11/h8H,3-7H2,1-2H3,(H2,10,11). The Kier molecular flexibility index (Phi) is 6.53. The van der Waals surface area contributed by atoms with Gasteiger partial charge in [0, 0.05) is 0 Å². The van der Waals surface area contributed by atoms with E-state index in [0.29, 0.717) is 12.5 Å². The molecule has 0 aromatic heterocycles. The van der Waals surface area contributed by atoms with Gasteiger partial charge in [0.05, 0.1) is 6.61 Å². The molecule has 0 aromatic carbocycles. The van der Waals surface area contributed by atoms with E-state index < -0.39 is 6.09 Å². The summed E-state index contributed by atoms with van der Waals surface area (Å²) < 4.78 is 4.73. The van der Waals surface area contributed by atoms with Gasteiger partial charge in [-0.15, -0.1) is 0 Å². The lowest BCUT2D eigenvalue weighted by Crippen LogP contribution is -2.18. The van der Waals surface area contributed by atoms with E-state index in [2.05, 4.69) is 13.8 Å². The molecule has 0 radical (unpaired) electrons. The Hall–Kier alpha value is -0.730. The fourth-order valence-electron chi connectivity index (χ4n) is 1.10. The average Bonchev–Trinajstić information content (AvgIpc) is 2.05. The van der Waals surface area contributed by atoms with Crippen molar-refractivity contribution in [2.45, 2.75) is 39.5 Å². The summed E-state index contributed by atoms with van der Waals surface area (Å²) in [6.45, 7) is 4.73. The number of hydrogen-bond acceptors (Lipinski definition) is 2. The maximum Gasteiger partial charge on any atom is 0.404 e. The number of rotatable bonds is 6. The molecule has 0 aromatic rings. The zero-order valence-corrected chi connectivity index (χ0v) is 8.01. The lowest BCUT2D eigenvalue weighted by atomic mass is 10.0. The summed E-state index contributed by atoms with van der Waals surface area (Å²) >= 11 is 0. The summed E-state index contributed by atoms with van der Waals surface area (Å²) in [7, 11) is 0. The zero-order valence-electron chi connectivity index (χ0n) is 8.01. The van der Waals surface area contributed by atoms with Gasteiger partial charge in [-0.1, -0.05) is 33.1 Å². The molecular formula is C9H19NO2. The van der Waals surface area contributed by atoms with E-state index >= 15 is 0 Å². The van der Waals surface area contributed by atoms with Gasteiger partial charge in [0.2, 0.25) is 0 Å². The molecule has 1 unspecified atom stereocenters. The Morgan fingerprint density at radius 2 is 2.17 bits per heavy atom. The van der Waals surface area contributed by atoms with Crippen LogP contribution in [0.3, 0.4) is 0 Å². The molecule has 3 nitrogen and oxygen atoms in total. The normalized spacial score (nSPS) is 12.5. The van der Waals surface area contributed by atoms with Crippen LogP contribution in [-0.2, 0) is 4.74 Å². The highest BCUT2D eigenvalue weighted by Crippen LogP contribution is 2.12. The van der Waals surface area contributed by atoms with E-state index in [1.54, 1.807) is 0 Å². The second-order valence-electron chi connectivity index (χ2n) is 3.05. The summed E-state index contributed by atoms with van der Waals surface area (Å²) in [6.07, 6.45) is 3.89. The number of unbranched alkanes of at least 4 members (excludes halogenated alkanes) is 1. The predicted molar refractivity (Wildman–Crippen MR) is 48.8 cm³/mol. The number of primary amides is 1. The first-order chi connectivity index (χ1) is 5.70. The Morgan fingerprint density at radius 1 is 1.50 bits per heavy atom. The number of carbonyl (C=O) groups excluding carboxylic acids is 1. The highest BCUT2D eigenvalue weighted by Gasteiger charge is 2.07. The van der Waals surface area contributed by atoms with Crippen molar-refractivity contribution in [2.24, 2.45) is 11.7 Å². The number of hydrogen-bond donors (Lipinski definition) is 1. The van der Waals surface area contributed by atoms with Crippen LogP contribution >= 0.6 is 0 Å². The molecule has 2 N–H and O–H groups in total. The van der Waals surface area contributed by atoms with Crippen LogP contribution in [0.2, 0.25) is 0 Å². The average molecular weight is 173 g/mol. The van der Waals surface area contributed by atoms with Gasteiger partial charge in [-0.25, -0.2) is 4.79 Å². The molecule has 1 amide bonds. The molecule has 0 bridgehead atoms. The van der Waals surface area contributed by atoms with Crippen molar-refractivity contribution >= 4 is 6.09 Å². The molecule has 0 rings (SSSR count). The molecule has 0 aliphatic carbocycles. The molecule has 0 aliphatic heterocycles. The van der Waals surface area contributed by atoms with Crippen LogP contribution in [0.15, 0.2) is 0 Å². The molecule has 3 heteroatoms. The lowest BCUT2D eigenvalue weighted by molar-refractivity contribution is 0.132. The van der Waals surface area contributed by atoms with Gasteiger partial charge in [-0.2, -0.15) is 0 Å². The maximum atomic E-state index is 10.3. The quantitative estimate of drug-likeness (QED) is 0.670. The van der Waals surface area contributed by atoms with Crippen molar-refractivity contribution in [1.29, 1.82) is 0 Å². The second kappa shape index (κ2) is 6.95. The monoisotopic (exact) mass is 173 g/mol. The van der Waals surface area contributed by atoms with Gasteiger partial charge in [0.1, 0.15) is 0 Å². The van der Waals surface area contributed by atoms with E-state index in [-0.39, 0.29) is 0 Å². The molecule has 0 saturated heterocycles. The highest BCUT2D eigenvalue weighted by atomic mass is 16.5. The predicted octanol–water partition coefficient (Wildman–Crippen LogP) is 2.30. The summed E-state index contributed by atoms with van der Waals surface area (Å²) in [5.41, 5.74) is 4.86. The maximum absolute atomic E-state index is 10.3. The van der Waals surface area contributed by atoms with Crippen molar-refractivity contribution in [2.75, 3.05) is 6.61 Å². The van der Waals surface area contributed by atoms with E-state index in [1.807, 2.05) is 0 Å². The molecule has 0 spiro atoms. The molecule has 1 atom stereocenters. The van der Waals surface area contributed by atoms with Crippen LogP contribution in [0.4, 0.5) is 4.79 Å². The Bertz CT molecular complexity index is 126. The van der Waals surface area contributed by atoms with Crippen molar-refractivity contribution < 1.29 is 9.53 Å². The van der Waals surface area contributed by atoms with Gasteiger partial charge in [0.25, 0.3) is 0 Å². The third kappa shape index (κ3) is 6.01. The van der Waals surface area contributed by atoms with Gasteiger partial charge in [-0.05, 0) is 12.3 Å². The number of nitrogens with two attached hydrogens (primary N) is 1. The molecule has 0 fully saturated rings. The minimum atomic E-state index is -0.662. The summed E-state index contributed by atoms with van der Waals surface area (Å²) in [5, 5.41) is 0. The highest BCUT2D eigenvalue weighted by molar-refractivity contribution is 5.64. The minimum absolute atomic E-state index is 0.478. The van der Waals surface area contributed by atoms with Crippen LogP contribution in [-0.4, -0.2) is 12.7 Å². The second-order valence-corrected chi connectivity index (χ2v) is 3.05. The summed E-state index contributed by atoms with van der Waals surface area (Å²) in [6, 6.07) is 0. The summed E-state index contributed by atoms with van der Waals surface area (Å²) in [5.74, 6) is 0.484. The number of amides is 1. The molecule has 12 heavy (non-hydrogen) atoms. The molecule has 72 valence electrons. The first-order valence-corrected chi connectivity index (χ1v) is 4.62. The van der Waals surface area contributed by atoms with Gasteiger partial charge < -0.3 is 10.5 Å². The Labute approximate surface area is 74.3 Å². The van der Waals surface area contributed by atoms with E-state index in [1.165, 1.54) is 12.8 Å². The van der Waals surface area contributed by atoms with Gasteiger partial charge in [-0.3, -0.25) is 0 Å². The minimum Gasteiger partial charge on any atom is -0.449 e. The largest absolute Gasteiger partial charge is 0.449 e. The lowest BCUT2D eigenvalue weighted by Gasteiger charge is -2.12. The number of ether oxygens (including phenoxy) is 1. The smallest absolute Gasteiger partial charge is 0.404 e. The van der Waals surface area contributed by atoms with Crippen molar-refractivity contribution in [3.8, 4) is 0 Å². The zero-order chi connectivity index (χ0) is 9.40. The van der Waals surface area contributed by atoms with Crippen LogP contribution in [0.1, 0.15) is 39.5 Å². The molecule has 0 heterocycles. The first kappa shape index (κ1) is 11.3. The van der Waals surface area contributed by atoms with Crippen LogP contribution in [0.5, 0.6) is 0 Å².